The summed E-state index contributed by atoms with van der Waals surface area (Å²) in [5.41, 5.74) is 2.22. The van der Waals surface area contributed by atoms with Gasteiger partial charge in [0, 0.05) is 19.3 Å². The molecule has 0 saturated heterocycles. The highest BCUT2D eigenvalue weighted by molar-refractivity contribution is 7.90. The summed E-state index contributed by atoms with van der Waals surface area (Å²) in [5.74, 6) is 1.07. The third-order valence-corrected chi connectivity index (χ3v) is 5.05. The van der Waals surface area contributed by atoms with Crippen LogP contribution >= 0.6 is 12.4 Å². The molecule has 0 heterocycles. The molecule has 0 spiro atoms. The molecule has 2 aromatic rings. The van der Waals surface area contributed by atoms with E-state index >= 15 is 0 Å². The second-order valence-corrected chi connectivity index (χ2v) is 8.79. The Balaban J connectivity index is 0.00000338. The lowest BCUT2D eigenvalue weighted by molar-refractivity contribution is 0.217. The number of sulfone groups is 1. The fourth-order valence-electron chi connectivity index (χ4n) is 2.71. The Labute approximate surface area is 163 Å². The molecule has 0 saturated carbocycles. The maximum Gasteiger partial charge on any atom is 0.148 e. The largest absolute Gasteiger partial charge is 0.489 e. The van der Waals surface area contributed by atoms with Crippen LogP contribution in [0.25, 0.3) is 0 Å². The van der Waals surface area contributed by atoms with Gasteiger partial charge < -0.3 is 10.1 Å². The first-order valence-electron chi connectivity index (χ1n) is 8.52. The SMILES string of the molecule is CC(CNCc1ccc([C@@H](C)CS(C)(=O)=O)cc1)Oc1ccccc1.Cl. The van der Waals surface area contributed by atoms with Crippen LogP contribution in [-0.4, -0.2) is 33.1 Å². The van der Waals surface area contributed by atoms with Crippen molar-refractivity contribution < 1.29 is 13.2 Å². The summed E-state index contributed by atoms with van der Waals surface area (Å²) in [6.45, 7) is 5.48. The van der Waals surface area contributed by atoms with E-state index in [2.05, 4.69) is 5.32 Å². The minimum atomic E-state index is -2.96. The molecule has 0 aromatic heterocycles. The van der Waals surface area contributed by atoms with E-state index in [0.29, 0.717) is 0 Å². The van der Waals surface area contributed by atoms with E-state index in [-0.39, 0.29) is 30.2 Å². The van der Waals surface area contributed by atoms with Gasteiger partial charge in [-0.15, -0.1) is 12.4 Å². The van der Waals surface area contributed by atoms with Crippen LogP contribution in [0.2, 0.25) is 0 Å². The second kappa shape index (κ2) is 10.6. The Hall–Kier alpha value is -1.56. The van der Waals surface area contributed by atoms with Crippen LogP contribution in [0.4, 0.5) is 0 Å². The molecule has 0 bridgehead atoms. The van der Waals surface area contributed by atoms with Crippen molar-refractivity contribution in [1.82, 2.24) is 5.32 Å². The minimum Gasteiger partial charge on any atom is -0.489 e. The fraction of sp³-hybridized carbons (Fsp3) is 0.400. The third kappa shape index (κ3) is 8.21. The monoisotopic (exact) mass is 397 g/mol. The highest BCUT2D eigenvalue weighted by Gasteiger charge is 2.12. The minimum absolute atomic E-state index is 0. The lowest BCUT2D eigenvalue weighted by Crippen LogP contribution is -2.28. The average Bonchev–Trinajstić information content (AvgIpc) is 2.55. The summed E-state index contributed by atoms with van der Waals surface area (Å²) in [4.78, 5) is 0. The van der Waals surface area contributed by atoms with Crippen molar-refractivity contribution in [2.75, 3.05) is 18.6 Å². The van der Waals surface area contributed by atoms with Gasteiger partial charge in [0.25, 0.3) is 0 Å². The zero-order chi connectivity index (χ0) is 18.3. The summed E-state index contributed by atoms with van der Waals surface area (Å²) in [5, 5.41) is 3.39. The van der Waals surface area contributed by atoms with E-state index in [0.717, 1.165) is 24.4 Å². The number of benzene rings is 2. The maximum atomic E-state index is 11.4. The average molecular weight is 398 g/mol. The van der Waals surface area contributed by atoms with Crippen molar-refractivity contribution in [1.29, 1.82) is 0 Å². The van der Waals surface area contributed by atoms with Gasteiger partial charge in [-0.05, 0) is 36.1 Å². The fourth-order valence-corrected chi connectivity index (χ4v) is 3.81. The lowest BCUT2D eigenvalue weighted by atomic mass is 10.0. The van der Waals surface area contributed by atoms with E-state index in [1.807, 2.05) is 68.4 Å². The molecule has 0 fully saturated rings. The molecule has 0 radical (unpaired) electrons. The molecular formula is C20H28ClNO3S. The van der Waals surface area contributed by atoms with Gasteiger partial charge in [-0.1, -0.05) is 49.4 Å². The van der Waals surface area contributed by atoms with Gasteiger partial charge in [-0.25, -0.2) is 8.42 Å². The topological polar surface area (TPSA) is 55.4 Å². The number of ether oxygens (including phenoxy) is 1. The zero-order valence-electron chi connectivity index (χ0n) is 15.5. The lowest BCUT2D eigenvalue weighted by Gasteiger charge is -2.16. The molecule has 2 atom stereocenters. The summed E-state index contributed by atoms with van der Waals surface area (Å²) in [6.07, 6.45) is 1.36. The number of para-hydroxylation sites is 1. The maximum absolute atomic E-state index is 11.4. The summed E-state index contributed by atoms with van der Waals surface area (Å²) < 4.78 is 28.6. The number of rotatable bonds is 9. The number of nitrogens with one attached hydrogen (secondary N) is 1. The highest BCUT2D eigenvalue weighted by Crippen LogP contribution is 2.17. The summed E-state index contributed by atoms with van der Waals surface area (Å²) in [6, 6.07) is 17.9. The smallest absolute Gasteiger partial charge is 0.148 e. The number of hydrogen-bond donors (Lipinski definition) is 1. The van der Waals surface area contributed by atoms with Gasteiger partial charge in [-0.3, -0.25) is 0 Å². The van der Waals surface area contributed by atoms with Crippen molar-refractivity contribution in [3.8, 4) is 5.75 Å². The van der Waals surface area contributed by atoms with Crippen LogP contribution in [0.5, 0.6) is 5.75 Å². The molecule has 6 heteroatoms. The first kappa shape index (κ1) is 22.5. The van der Waals surface area contributed by atoms with Crippen molar-refractivity contribution in [3.63, 3.8) is 0 Å². The van der Waals surface area contributed by atoms with E-state index < -0.39 is 9.84 Å². The predicted octanol–water partition coefficient (Wildman–Crippen LogP) is 3.81. The van der Waals surface area contributed by atoms with E-state index in [9.17, 15) is 8.42 Å². The Morgan fingerprint density at radius 2 is 1.62 bits per heavy atom. The van der Waals surface area contributed by atoms with Crippen LogP contribution < -0.4 is 10.1 Å². The molecule has 4 nitrogen and oxygen atoms in total. The first-order chi connectivity index (χ1) is 11.8. The van der Waals surface area contributed by atoms with Crippen molar-refractivity contribution >= 4 is 22.2 Å². The van der Waals surface area contributed by atoms with Crippen LogP contribution in [-0.2, 0) is 16.4 Å². The van der Waals surface area contributed by atoms with Crippen LogP contribution in [0.1, 0.15) is 30.9 Å². The van der Waals surface area contributed by atoms with Crippen molar-refractivity contribution in [2.24, 2.45) is 0 Å². The van der Waals surface area contributed by atoms with Crippen molar-refractivity contribution in [3.05, 3.63) is 65.7 Å². The number of halogens is 1. The predicted molar refractivity (Wildman–Crippen MR) is 110 cm³/mol. The molecule has 0 aliphatic carbocycles. The van der Waals surface area contributed by atoms with Crippen LogP contribution in [0.15, 0.2) is 54.6 Å². The molecule has 0 aliphatic heterocycles. The number of hydrogen-bond acceptors (Lipinski definition) is 4. The molecule has 1 unspecified atom stereocenters. The Kier molecular flexibility index (Phi) is 9.13. The Morgan fingerprint density at radius 3 is 2.19 bits per heavy atom. The molecule has 0 amide bonds. The zero-order valence-corrected chi connectivity index (χ0v) is 17.1. The van der Waals surface area contributed by atoms with E-state index in [1.165, 1.54) is 11.8 Å². The molecule has 2 aromatic carbocycles. The molecule has 1 N–H and O–H groups in total. The normalized spacial score (nSPS) is 13.5. The summed E-state index contributed by atoms with van der Waals surface area (Å²) in [7, 11) is -2.96. The molecule has 0 aliphatic rings. The standard InChI is InChI=1S/C20H27NO3S.ClH/c1-16(15-25(3,22)23)19-11-9-18(10-12-19)14-21-13-17(2)24-20-7-5-4-6-8-20;/h4-12,16-17,21H,13-15H2,1-3H3;1H/t16-,17?;/m0./s1. The van der Waals surface area contributed by atoms with Gasteiger partial charge in [0.1, 0.15) is 21.7 Å². The molecule has 26 heavy (non-hydrogen) atoms. The molecule has 2 rings (SSSR count). The first-order valence-corrected chi connectivity index (χ1v) is 10.6. The van der Waals surface area contributed by atoms with Gasteiger partial charge in [0.2, 0.25) is 0 Å². The van der Waals surface area contributed by atoms with Crippen LogP contribution in [0.3, 0.4) is 0 Å². The van der Waals surface area contributed by atoms with Crippen LogP contribution in [0, 0.1) is 0 Å². The van der Waals surface area contributed by atoms with Gasteiger partial charge in [0.15, 0.2) is 0 Å². The van der Waals surface area contributed by atoms with Gasteiger partial charge >= 0.3 is 0 Å². The highest BCUT2D eigenvalue weighted by atomic mass is 35.5. The third-order valence-electron chi connectivity index (χ3n) is 3.94. The van der Waals surface area contributed by atoms with Gasteiger partial charge in [-0.2, -0.15) is 0 Å². The van der Waals surface area contributed by atoms with Crippen molar-refractivity contribution in [2.45, 2.75) is 32.4 Å². The molecule has 144 valence electrons. The molecular weight excluding hydrogens is 370 g/mol. The second-order valence-electron chi connectivity index (χ2n) is 6.61. The quantitative estimate of drug-likeness (QED) is 0.698. The Morgan fingerprint density at radius 1 is 1.00 bits per heavy atom. The van der Waals surface area contributed by atoms with E-state index in [1.54, 1.807) is 0 Å². The summed E-state index contributed by atoms with van der Waals surface area (Å²) >= 11 is 0. The Bertz CT molecular complexity index is 748. The van der Waals surface area contributed by atoms with E-state index in [4.69, 9.17) is 4.74 Å². The van der Waals surface area contributed by atoms with Gasteiger partial charge in [0.05, 0.1) is 5.75 Å².